The van der Waals surface area contributed by atoms with Crippen molar-refractivity contribution in [3.63, 3.8) is 0 Å². The molecule has 0 unspecified atom stereocenters. The molecule has 0 bridgehead atoms. The second-order valence-electron chi connectivity index (χ2n) is 5.20. The van der Waals surface area contributed by atoms with Crippen molar-refractivity contribution in [3.8, 4) is 0 Å². The van der Waals surface area contributed by atoms with E-state index in [1.54, 1.807) is 18.7 Å². The van der Waals surface area contributed by atoms with Crippen molar-refractivity contribution in [2.24, 2.45) is 0 Å². The first-order valence-corrected chi connectivity index (χ1v) is 8.57. The van der Waals surface area contributed by atoms with Gasteiger partial charge in [0, 0.05) is 37.6 Å². The highest BCUT2D eigenvalue weighted by Crippen LogP contribution is 2.28. The molecule has 0 aliphatic carbocycles. The summed E-state index contributed by atoms with van der Waals surface area (Å²) < 4.78 is 0. The maximum absolute atomic E-state index is 12.1. The predicted octanol–water partition coefficient (Wildman–Crippen LogP) is 3.04. The maximum atomic E-state index is 12.1. The van der Waals surface area contributed by atoms with Crippen LogP contribution in [0.15, 0.2) is 40.9 Å². The molecule has 0 saturated carbocycles. The molecule has 1 heterocycles. The summed E-state index contributed by atoms with van der Waals surface area (Å²) in [6.07, 6.45) is 0.913. The molecule has 1 aromatic carbocycles. The van der Waals surface area contributed by atoms with Crippen molar-refractivity contribution in [2.75, 3.05) is 26.2 Å². The summed E-state index contributed by atoms with van der Waals surface area (Å²) in [5, 5.41) is 3.36. The Balaban J connectivity index is 2.14. The molecule has 0 amide bonds. The molecule has 1 aliphatic rings. The van der Waals surface area contributed by atoms with E-state index >= 15 is 0 Å². The Morgan fingerprint density at radius 3 is 2.48 bits per heavy atom. The third-order valence-corrected chi connectivity index (χ3v) is 4.93. The van der Waals surface area contributed by atoms with E-state index in [1.807, 2.05) is 18.2 Å². The van der Waals surface area contributed by atoms with Crippen LogP contribution in [0.4, 0.5) is 0 Å². The highest BCUT2D eigenvalue weighted by molar-refractivity contribution is 8.03. The molecule has 1 saturated heterocycles. The molecule has 1 aromatic rings. The molecule has 21 heavy (non-hydrogen) atoms. The predicted molar refractivity (Wildman–Crippen MR) is 90.2 cm³/mol. The fourth-order valence-electron chi connectivity index (χ4n) is 2.58. The number of benzene rings is 1. The van der Waals surface area contributed by atoms with Crippen molar-refractivity contribution in [1.82, 2.24) is 10.2 Å². The van der Waals surface area contributed by atoms with Crippen LogP contribution in [0.1, 0.15) is 25.8 Å². The lowest BCUT2D eigenvalue weighted by molar-refractivity contribution is -0.113. The fraction of sp³-hybridized carbons (Fsp3) is 0.471. The maximum Gasteiger partial charge on any atom is 0.167 e. The SMILES string of the molecule is CC/C(=C(/SCc1ccccc1)C(C)=O)N1CCNCC1. The largest absolute Gasteiger partial charge is 0.371 e. The first-order chi connectivity index (χ1) is 10.2. The molecule has 1 N–H and O–H groups in total. The zero-order valence-electron chi connectivity index (χ0n) is 12.9. The number of allylic oxidation sites excluding steroid dienone is 2. The highest BCUT2D eigenvalue weighted by Gasteiger charge is 2.18. The molecule has 2 rings (SSSR count). The molecule has 3 nitrogen and oxygen atoms in total. The lowest BCUT2D eigenvalue weighted by Gasteiger charge is -2.32. The normalized spacial score (nSPS) is 16.6. The van der Waals surface area contributed by atoms with Crippen molar-refractivity contribution in [1.29, 1.82) is 0 Å². The number of piperazine rings is 1. The zero-order valence-corrected chi connectivity index (χ0v) is 13.7. The van der Waals surface area contributed by atoms with Crippen LogP contribution in [0.5, 0.6) is 0 Å². The van der Waals surface area contributed by atoms with Gasteiger partial charge in [0.25, 0.3) is 0 Å². The molecule has 0 aromatic heterocycles. The molecule has 0 radical (unpaired) electrons. The van der Waals surface area contributed by atoms with Gasteiger partial charge in [0.15, 0.2) is 5.78 Å². The lowest BCUT2D eigenvalue weighted by atomic mass is 10.2. The molecular formula is C17H24N2OS. The van der Waals surface area contributed by atoms with Gasteiger partial charge >= 0.3 is 0 Å². The number of nitrogens with one attached hydrogen (secondary N) is 1. The van der Waals surface area contributed by atoms with Crippen LogP contribution < -0.4 is 5.32 Å². The van der Waals surface area contributed by atoms with Crippen molar-refractivity contribution >= 4 is 17.5 Å². The third-order valence-electron chi connectivity index (χ3n) is 3.64. The van der Waals surface area contributed by atoms with E-state index in [1.165, 1.54) is 11.3 Å². The van der Waals surface area contributed by atoms with Crippen molar-refractivity contribution < 1.29 is 4.79 Å². The molecule has 0 spiro atoms. The van der Waals surface area contributed by atoms with E-state index < -0.39 is 0 Å². The van der Waals surface area contributed by atoms with Gasteiger partial charge in [0.2, 0.25) is 0 Å². The van der Waals surface area contributed by atoms with Crippen molar-refractivity contribution in [2.45, 2.75) is 26.0 Å². The minimum absolute atomic E-state index is 0.186. The molecular weight excluding hydrogens is 280 g/mol. The molecule has 4 heteroatoms. The van der Waals surface area contributed by atoms with Gasteiger partial charge in [-0.15, -0.1) is 11.8 Å². The van der Waals surface area contributed by atoms with E-state index in [9.17, 15) is 4.79 Å². The quantitative estimate of drug-likeness (QED) is 0.819. The Hall–Kier alpha value is -1.26. The summed E-state index contributed by atoms with van der Waals surface area (Å²) in [6, 6.07) is 10.3. The van der Waals surface area contributed by atoms with Gasteiger partial charge in [-0.2, -0.15) is 0 Å². The molecule has 0 atom stereocenters. The summed E-state index contributed by atoms with van der Waals surface area (Å²) in [6.45, 7) is 7.81. The highest BCUT2D eigenvalue weighted by atomic mass is 32.2. The molecule has 114 valence electrons. The fourth-order valence-corrected chi connectivity index (χ4v) is 3.73. The Bertz CT molecular complexity index is 493. The third kappa shape index (κ3) is 4.61. The van der Waals surface area contributed by atoms with Crippen LogP contribution in [0.3, 0.4) is 0 Å². The van der Waals surface area contributed by atoms with Gasteiger partial charge in [-0.3, -0.25) is 4.79 Å². The van der Waals surface area contributed by atoms with E-state index in [-0.39, 0.29) is 5.78 Å². The van der Waals surface area contributed by atoms with Crippen LogP contribution in [-0.4, -0.2) is 36.9 Å². The number of carbonyl (C=O) groups excluding carboxylic acids is 1. The zero-order chi connectivity index (χ0) is 15.1. The topological polar surface area (TPSA) is 32.3 Å². The average molecular weight is 304 g/mol. The standard InChI is InChI=1S/C17H24N2OS/c1-3-16(19-11-9-18-10-12-19)17(14(2)20)21-13-15-7-5-4-6-8-15/h4-8,18H,3,9-13H2,1-2H3/b17-16-. The van der Waals surface area contributed by atoms with E-state index in [0.29, 0.717) is 0 Å². The van der Waals surface area contributed by atoms with Crippen LogP contribution in [-0.2, 0) is 10.5 Å². The van der Waals surface area contributed by atoms with Gasteiger partial charge < -0.3 is 10.2 Å². The molecule has 1 aliphatic heterocycles. The van der Waals surface area contributed by atoms with E-state index in [0.717, 1.165) is 43.3 Å². The number of thioether (sulfide) groups is 1. The second-order valence-corrected chi connectivity index (χ2v) is 6.18. The van der Waals surface area contributed by atoms with E-state index in [2.05, 4.69) is 29.3 Å². The number of Topliss-reactive ketones (excluding diaryl/α,β-unsaturated/α-hetero) is 1. The first-order valence-electron chi connectivity index (χ1n) is 7.58. The summed E-state index contributed by atoms with van der Waals surface area (Å²) in [4.78, 5) is 15.4. The first kappa shape index (κ1) is 16.1. The number of hydrogen-bond acceptors (Lipinski definition) is 4. The second kappa shape index (κ2) is 8.25. The number of ketones is 1. The number of hydrogen-bond donors (Lipinski definition) is 1. The monoisotopic (exact) mass is 304 g/mol. The van der Waals surface area contributed by atoms with Gasteiger partial charge in [0.05, 0.1) is 4.91 Å². The number of rotatable bonds is 6. The van der Waals surface area contributed by atoms with Crippen LogP contribution in [0, 0.1) is 0 Å². The van der Waals surface area contributed by atoms with Gasteiger partial charge in [-0.1, -0.05) is 37.3 Å². The van der Waals surface area contributed by atoms with E-state index in [4.69, 9.17) is 0 Å². The molecule has 1 fully saturated rings. The lowest BCUT2D eigenvalue weighted by Crippen LogP contribution is -2.43. The Morgan fingerprint density at radius 1 is 1.24 bits per heavy atom. The van der Waals surface area contributed by atoms with Crippen LogP contribution >= 0.6 is 11.8 Å². The number of nitrogens with zero attached hydrogens (tertiary/aromatic N) is 1. The summed E-state index contributed by atoms with van der Waals surface area (Å²) in [5.41, 5.74) is 2.47. The Morgan fingerprint density at radius 2 is 1.90 bits per heavy atom. The Kier molecular flexibility index (Phi) is 6.33. The number of carbonyl (C=O) groups is 1. The van der Waals surface area contributed by atoms with Crippen molar-refractivity contribution in [3.05, 3.63) is 46.5 Å². The summed E-state index contributed by atoms with van der Waals surface area (Å²) in [7, 11) is 0. The minimum Gasteiger partial charge on any atom is -0.371 e. The van der Waals surface area contributed by atoms with Gasteiger partial charge in [-0.25, -0.2) is 0 Å². The summed E-state index contributed by atoms with van der Waals surface area (Å²) >= 11 is 1.68. The minimum atomic E-state index is 0.186. The van der Waals surface area contributed by atoms with Gasteiger partial charge in [0.1, 0.15) is 0 Å². The van der Waals surface area contributed by atoms with Gasteiger partial charge in [-0.05, 0) is 18.9 Å². The van der Waals surface area contributed by atoms with Crippen LogP contribution in [0.2, 0.25) is 0 Å². The van der Waals surface area contributed by atoms with Crippen LogP contribution in [0.25, 0.3) is 0 Å². The Labute approximate surface area is 131 Å². The summed E-state index contributed by atoms with van der Waals surface area (Å²) in [5.74, 6) is 1.04. The average Bonchev–Trinajstić information content (AvgIpc) is 2.53. The smallest absolute Gasteiger partial charge is 0.167 e.